The summed E-state index contributed by atoms with van der Waals surface area (Å²) in [7, 11) is -2.81. The van der Waals surface area contributed by atoms with Crippen molar-refractivity contribution in [1.29, 1.82) is 0 Å². The predicted octanol–water partition coefficient (Wildman–Crippen LogP) is 2.23. The fraction of sp³-hybridized carbons (Fsp3) is 0.562. The number of carbonyl (C=O) groups excluding carboxylic acids is 1. The highest BCUT2D eigenvalue weighted by Gasteiger charge is 2.37. The molecular weight excluding hydrogens is 371 g/mol. The van der Waals surface area contributed by atoms with Crippen molar-refractivity contribution in [3.63, 3.8) is 0 Å². The van der Waals surface area contributed by atoms with E-state index in [9.17, 15) is 17.6 Å². The van der Waals surface area contributed by atoms with Gasteiger partial charge in [0.05, 0.1) is 17.6 Å². The topological polar surface area (TPSA) is 89.7 Å². The van der Waals surface area contributed by atoms with Crippen molar-refractivity contribution in [1.82, 2.24) is 4.31 Å². The van der Waals surface area contributed by atoms with Crippen LogP contribution in [0.4, 0.5) is 4.39 Å². The summed E-state index contributed by atoms with van der Waals surface area (Å²) < 4.78 is 46.3. The summed E-state index contributed by atoms with van der Waals surface area (Å²) in [6, 6.07) is 1.48. The second-order valence-electron chi connectivity index (χ2n) is 6.11. The van der Waals surface area contributed by atoms with Crippen molar-refractivity contribution in [3.8, 4) is 0 Å². The maximum atomic E-state index is 14.2. The minimum absolute atomic E-state index is 0. The van der Waals surface area contributed by atoms with E-state index in [1.807, 2.05) is 0 Å². The zero-order valence-electron chi connectivity index (χ0n) is 14.5. The van der Waals surface area contributed by atoms with Gasteiger partial charge in [0.15, 0.2) is 0 Å². The molecule has 1 aromatic carbocycles. The van der Waals surface area contributed by atoms with Crippen LogP contribution in [0.5, 0.6) is 0 Å². The average molecular weight is 395 g/mol. The largest absolute Gasteiger partial charge is 0.465 e. The second-order valence-corrected chi connectivity index (χ2v) is 7.97. The molecule has 9 heteroatoms. The molecule has 1 aliphatic heterocycles. The average Bonchev–Trinajstić information content (AvgIpc) is 2.56. The van der Waals surface area contributed by atoms with E-state index in [-0.39, 0.29) is 40.5 Å². The molecular formula is C16H24ClFN2O4S. The first-order chi connectivity index (χ1) is 11.2. The van der Waals surface area contributed by atoms with Gasteiger partial charge in [0.1, 0.15) is 5.82 Å². The van der Waals surface area contributed by atoms with Gasteiger partial charge in [-0.05, 0) is 38.8 Å². The van der Waals surface area contributed by atoms with Crippen LogP contribution in [0.25, 0.3) is 0 Å². The molecule has 2 rings (SSSR count). The van der Waals surface area contributed by atoms with E-state index in [0.29, 0.717) is 13.0 Å². The van der Waals surface area contributed by atoms with Gasteiger partial charge in [-0.15, -0.1) is 12.4 Å². The minimum Gasteiger partial charge on any atom is -0.465 e. The van der Waals surface area contributed by atoms with Crippen LogP contribution in [0, 0.1) is 12.7 Å². The van der Waals surface area contributed by atoms with Crippen LogP contribution >= 0.6 is 12.4 Å². The zero-order valence-corrected chi connectivity index (χ0v) is 16.1. The lowest BCUT2D eigenvalue weighted by Gasteiger charge is -2.37. The van der Waals surface area contributed by atoms with Gasteiger partial charge >= 0.3 is 5.97 Å². The number of nitrogens with two attached hydrogens (primary N) is 1. The second kappa shape index (κ2) is 8.44. The number of esters is 1. The molecule has 0 aliphatic carbocycles. The molecule has 25 heavy (non-hydrogen) atoms. The molecule has 2 unspecified atom stereocenters. The van der Waals surface area contributed by atoms with Gasteiger partial charge in [0, 0.05) is 24.2 Å². The Bertz CT molecular complexity index is 740. The molecule has 6 nitrogen and oxygen atoms in total. The van der Waals surface area contributed by atoms with Gasteiger partial charge in [0.2, 0.25) is 10.0 Å². The minimum atomic E-state index is -3.97. The molecule has 1 saturated heterocycles. The number of halogens is 2. The third kappa shape index (κ3) is 4.31. The summed E-state index contributed by atoms with van der Waals surface area (Å²) in [6.07, 6.45) is 2.28. The summed E-state index contributed by atoms with van der Waals surface area (Å²) in [6.45, 7) is 3.48. The Morgan fingerprint density at radius 1 is 1.40 bits per heavy atom. The van der Waals surface area contributed by atoms with Crippen LogP contribution in [-0.2, 0) is 14.8 Å². The number of nitrogens with zero attached hydrogens (tertiary/aromatic N) is 1. The molecule has 0 spiro atoms. The first-order valence-electron chi connectivity index (χ1n) is 7.86. The van der Waals surface area contributed by atoms with E-state index in [2.05, 4.69) is 4.74 Å². The highest BCUT2D eigenvalue weighted by molar-refractivity contribution is 7.89. The monoisotopic (exact) mass is 394 g/mol. The number of hydrogen-bond acceptors (Lipinski definition) is 5. The molecule has 142 valence electrons. The number of carbonyl (C=O) groups is 1. The first kappa shape index (κ1) is 21.8. The van der Waals surface area contributed by atoms with Crippen LogP contribution in [0.15, 0.2) is 17.0 Å². The van der Waals surface area contributed by atoms with Crippen LogP contribution in [0.1, 0.15) is 42.1 Å². The Labute approximate surface area is 154 Å². The molecule has 0 bridgehead atoms. The molecule has 2 N–H and O–H groups in total. The summed E-state index contributed by atoms with van der Waals surface area (Å²) >= 11 is 0. The standard InChI is InChI=1S/C16H23FN2O4S.ClH/c1-10-13(17)8-12(16(20)23-3)9-15(10)24(21,22)19-7-5-4-6-14(19)11(2)18;/h8-9,11,14H,4-7,18H2,1-3H3;1H. The molecule has 0 saturated carbocycles. The Morgan fingerprint density at radius 2 is 2.04 bits per heavy atom. The van der Waals surface area contributed by atoms with Gasteiger partial charge in [0.25, 0.3) is 0 Å². The fourth-order valence-electron chi connectivity index (χ4n) is 3.04. The molecule has 0 aromatic heterocycles. The lowest BCUT2D eigenvalue weighted by atomic mass is 10.00. The van der Waals surface area contributed by atoms with Gasteiger partial charge in [-0.3, -0.25) is 0 Å². The van der Waals surface area contributed by atoms with E-state index in [1.165, 1.54) is 17.3 Å². The number of rotatable bonds is 4. The third-order valence-corrected chi connectivity index (χ3v) is 6.46. The lowest BCUT2D eigenvalue weighted by Crippen LogP contribution is -2.51. The van der Waals surface area contributed by atoms with Crippen LogP contribution < -0.4 is 5.73 Å². The van der Waals surface area contributed by atoms with Crippen LogP contribution in [0.3, 0.4) is 0 Å². The molecule has 1 aliphatic rings. The van der Waals surface area contributed by atoms with Crippen LogP contribution in [0.2, 0.25) is 0 Å². The third-order valence-electron chi connectivity index (χ3n) is 4.41. The number of piperidine rings is 1. The number of ether oxygens (including phenoxy) is 1. The number of benzene rings is 1. The highest BCUT2D eigenvalue weighted by atomic mass is 35.5. The molecule has 1 fully saturated rings. The lowest BCUT2D eigenvalue weighted by molar-refractivity contribution is 0.0600. The predicted molar refractivity (Wildman–Crippen MR) is 94.9 cm³/mol. The molecule has 1 aromatic rings. The van der Waals surface area contributed by atoms with Gasteiger partial charge < -0.3 is 10.5 Å². The Kier molecular flexibility index (Phi) is 7.37. The number of sulfonamides is 1. The fourth-order valence-corrected chi connectivity index (χ4v) is 5.07. The molecule has 2 atom stereocenters. The van der Waals surface area contributed by atoms with Crippen molar-refractivity contribution in [2.24, 2.45) is 5.73 Å². The van der Waals surface area contributed by atoms with Crippen molar-refractivity contribution in [3.05, 3.63) is 29.1 Å². The maximum Gasteiger partial charge on any atom is 0.337 e. The zero-order chi connectivity index (χ0) is 18.1. The summed E-state index contributed by atoms with van der Waals surface area (Å²) in [4.78, 5) is 11.5. The highest BCUT2D eigenvalue weighted by Crippen LogP contribution is 2.30. The van der Waals surface area contributed by atoms with Gasteiger partial charge in [-0.1, -0.05) is 6.42 Å². The van der Waals surface area contributed by atoms with Gasteiger partial charge in [-0.2, -0.15) is 4.31 Å². The van der Waals surface area contributed by atoms with Crippen molar-refractivity contribution in [2.75, 3.05) is 13.7 Å². The SMILES string of the molecule is COC(=O)c1cc(F)c(C)c(S(=O)(=O)N2CCCCC2C(C)N)c1.Cl. The summed E-state index contributed by atoms with van der Waals surface area (Å²) in [5, 5.41) is 0. The van der Waals surface area contributed by atoms with Crippen molar-refractivity contribution >= 4 is 28.4 Å². The van der Waals surface area contributed by atoms with Gasteiger partial charge in [-0.25, -0.2) is 17.6 Å². The quantitative estimate of drug-likeness (QED) is 0.791. The smallest absolute Gasteiger partial charge is 0.337 e. The number of hydrogen-bond donors (Lipinski definition) is 1. The Morgan fingerprint density at radius 3 is 2.60 bits per heavy atom. The van der Waals surface area contributed by atoms with Crippen molar-refractivity contribution in [2.45, 2.75) is 50.1 Å². The Hall–Kier alpha value is -1.22. The van der Waals surface area contributed by atoms with E-state index in [1.54, 1.807) is 6.92 Å². The summed E-state index contributed by atoms with van der Waals surface area (Å²) in [5.41, 5.74) is 5.80. The van der Waals surface area contributed by atoms with E-state index in [0.717, 1.165) is 26.0 Å². The maximum absolute atomic E-state index is 14.2. The van der Waals surface area contributed by atoms with E-state index in [4.69, 9.17) is 5.73 Å². The molecule has 1 heterocycles. The summed E-state index contributed by atoms with van der Waals surface area (Å²) in [5.74, 6) is -1.54. The molecule has 0 radical (unpaired) electrons. The first-order valence-corrected chi connectivity index (χ1v) is 9.30. The van der Waals surface area contributed by atoms with E-state index < -0.39 is 21.8 Å². The van der Waals surface area contributed by atoms with Crippen LogP contribution in [-0.4, -0.2) is 44.4 Å². The van der Waals surface area contributed by atoms with Crippen molar-refractivity contribution < 1.29 is 22.3 Å². The number of methoxy groups -OCH3 is 1. The molecule has 0 amide bonds. The van der Waals surface area contributed by atoms with E-state index >= 15 is 0 Å². The Balaban J connectivity index is 0.00000312. The normalized spacial score (nSPS) is 19.8.